The summed E-state index contributed by atoms with van der Waals surface area (Å²) in [6.07, 6.45) is 2.80. The van der Waals surface area contributed by atoms with Gasteiger partial charge in [0.25, 0.3) is 0 Å². The van der Waals surface area contributed by atoms with Crippen LogP contribution in [0.4, 0.5) is 4.39 Å². The van der Waals surface area contributed by atoms with Gasteiger partial charge in [0.05, 0.1) is 18.4 Å². The SMILES string of the molecule is NC1(C(=O)c2ccncc2F)CCOC1. The summed E-state index contributed by atoms with van der Waals surface area (Å²) in [6.45, 7) is 0.586. The van der Waals surface area contributed by atoms with E-state index in [-0.39, 0.29) is 12.2 Å². The van der Waals surface area contributed by atoms with Gasteiger partial charge in [-0.05, 0) is 12.5 Å². The second kappa shape index (κ2) is 3.67. The zero-order valence-electron chi connectivity index (χ0n) is 8.07. The quantitative estimate of drug-likeness (QED) is 0.723. The normalized spacial score (nSPS) is 25.5. The third-order valence-electron chi connectivity index (χ3n) is 2.52. The second-order valence-electron chi connectivity index (χ2n) is 3.64. The molecule has 0 aliphatic carbocycles. The highest BCUT2D eigenvalue weighted by Gasteiger charge is 2.39. The summed E-state index contributed by atoms with van der Waals surface area (Å²) in [6, 6.07) is 1.34. The van der Waals surface area contributed by atoms with Crippen LogP contribution in [-0.2, 0) is 4.74 Å². The van der Waals surface area contributed by atoms with Gasteiger partial charge in [0.15, 0.2) is 11.6 Å². The first-order chi connectivity index (χ1) is 7.13. The molecule has 0 radical (unpaired) electrons. The summed E-state index contributed by atoms with van der Waals surface area (Å²) >= 11 is 0. The van der Waals surface area contributed by atoms with Crippen LogP contribution in [0, 0.1) is 5.82 Å². The third kappa shape index (κ3) is 1.75. The standard InChI is InChI=1S/C10H11FN2O2/c11-8-5-13-3-1-7(8)9(14)10(12)2-4-15-6-10/h1,3,5H,2,4,6,12H2. The van der Waals surface area contributed by atoms with Crippen LogP contribution in [-0.4, -0.2) is 29.5 Å². The van der Waals surface area contributed by atoms with Crippen molar-refractivity contribution in [3.63, 3.8) is 0 Å². The minimum Gasteiger partial charge on any atom is -0.379 e. The van der Waals surface area contributed by atoms with E-state index in [1.54, 1.807) is 0 Å². The Morgan fingerprint density at radius 1 is 1.67 bits per heavy atom. The van der Waals surface area contributed by atoms with E-state index in [1.807, 2.05) is 0 Å². The van der Waals surface area contributed by atoms with E-state index in [1.165, 1.54) is 12.3 Å². The molecule has 1 fully saturated rings. The molecule has 80 valence electrons. The summed E-state index contributed by atoms with van der Waals surface area (Å²) in [4.78, 5) is 15.5. The lowest BCUT2D eigenvalue weighted by Gasteiger charge is -2.19. The highest BCUT2D eigenvalue weighted by Crippen LogP contribution is 2.21. The van der Waals surface area contributed by atoms with E-state index in [9.17, 15) is 9.18 Å². The third-order valence-corrected chi connectivity index (χ3v) is 2.52. The zero-order chi connectivity index (χ0) is 10.9. The summed E-state index contributed by atoms with van der Waals surface area (Å²) in [5.41, 5.74) is 4.74. The first-order valence-electron chi connectivity index (χ1n) is 4.64. The molecule has 1 aliphatic heterocycles. The number of rotatable bonds is 2. The van der Waals surface area contributed by atoms with Gasteiger partial charge in [0.1, 0.15) is 5.54 Å². The van der Waals surface area contributed by atoms with Crippen molar-refractivity contribution >= 4 is 5.78 Å². The summed E-state index contributed by atoms with van der Waals surface area (Å²) < 4.78 is 18.3. The van der Waals surface area contributed by atoms with E-state index in [2.05, 4.69) is 4.98 Å². The highest BCUT2D eigenvalue weighted by atomic mass is 19.1. The highest BCUT2D eigenvalue weighted by molar-refractivity contribution is 6.03. The molecule has 15 heavy (non-hydrogen) atoms. The number of pyridine rings is 1. The van der Waals surface area contributed by atoms with Crippen LogP contribution >= 0.6 is 0 Å². The molecule has 0 saturated carbocycles. The Morgan fingerprint density at radius 3 is 3.07 bits per heavy atom. The van der Waals surface area contributed by atoms with Crippen molar-refractivity contribution in [3.05, 3.63) is 29.8 Å². The molecule has 1 saturated heterocycles. The Bertz CT molecular complexity index is 389. The van der Waals surface area contributed by atoms with Crippen LogP contribution in [0.25, 0.3) is 0 Å². The van der Waals surface area contributed by atoms with E-state index in [4.69, 9.17) is 10.5 Å². The minimum atomic E-state index is -1.08. The Balaban J connectivity index is 2.32. The van der Waals surface area contributed by atoms with Gasteiger partial charge >= 0.3 is 0 Å². The number of hydrogen-bond donors (Lipinski definition) is 1. The van der Waals surface area contributed by atoms with Crippen molar-refractivity contribution in [3.8, 4) is 0 Å². The van der Waals surface area contributed by atoms with Crippen LogP contribution in [0.1, 0.15) is 16.8 Å². The van der Waals surface area contributed by atoms with Crippen LogP contribution in [0.3, 0.4) is 0 Å². The number of nitrogens with zero attached hydrogens (tertiary/aromatic N) is 1. The summed E-state index contributed by atoms with van der Waals surface area (Å²) in [5.74, 6) is -1.06. The van der Waals surface area contributed by atoms with Gasteiger partial charge in [-0.3, -0.25) is 9.78 Å². The van der Waals surface area contributed by atoms with Gasteiger partial charge in [-0.1, -0.05) is 0 Å². The molecular weight excluding hydrogens is 199 g/mol. The number of carbonyl (C=O) groups excluding carboxylic acids is 1. The van der Waals surface area contributed by atoms with Crippen molar-refractivity contribution in [1.82, 2.24) is 4.98 Å². The molecule has 1 unspecified atom stereocenters. The number of carbonyl (C=O) groups is 1. The zero-order valence-corrected chi connectivity index (χ0v) is 8.07. The molecule has 0 spiro atoms. The predicted octanol–water partition coefficient (Wildman–Crippen LogP) is 0.521. The van der Waals surface area contributed by atoms with Crippen LogP contribution < -0.4 is 5.73 Å². The minimum absolute atomic E-state index is 0.0157. The van der Waals surface area contributed by atoms with Gasteiger partial charge in [-0.15, -0.1) is 0 Å². The smallest absolute Gasteiger partial charge is 0.188 e. The molecule has 1 aliphatic rings. The molecule has 4 nitrogen and oxygen atoms in total. The largest absolute Gasteiger partial charge is 0.379 e. The molecule has 0 amide bonds. The maximum Gasteiger partial charge on any atom is 0.188 e. The van der Waals surface area contributed by atoms with E-state index in [0.29, 0.717) is 13.0 Å². The first kappa shape index (κ1) is 10.2. The summed E-state index contributed by atoms with van der Waals surface area (Å²) in [5, 5.41) is 0. The van der Waals surface area contributed by atoms with Gasteiger partial charge < -0.3 is 10.5 Å². The average molecular weight is 210 g/mol. The second-order valence-corrected chi connectivity index (χ2v) is 3.64. The number of Topliss-reactive ketones (excluding diaryl/α,β-unsaturated/α-hetero) is 1. The molecule has 2 N–H and O–H groups in total. The number of ether oxygens (including phenoxy) is 1. The molecule has 0 bridgehead atoms. The lowest BCUT2D eigenvalue weighted by Crippen LogP contribution is -2.48. The fraction of sp³-hybridized carbons (Fsp3) is 0.400. The number of nitrogens with two attached hydrogens (primary N) is 1. The number of ketones is 1. The molecule has 5 heteroatoms. The summed E-state index contributed by atoms with van der Waals surface area (Å²) in [7, 11) is 0. The fourth-order valence-corrected chi connectivity index (χ4v) is 1.59. The molecule has 2 rings (SSSR count). The molecule has 0 aromatic carbocycles. The maximum absolute atomic E-state index is 13.3. The van der Waals surface area contributed by atoms with E-state index < -0.39 is 17.1 Å². The molecule has 1 aromatic rings. The van der Waals surface area contributed by atoms with Crippen LogP contribution in [0.5, 0.6) is 0 Å². The molecular formula is C10H11FN2O2. The Kier molecular flexibility index (Phi) is 2.50. The number of halogens is 1. The maximum atomic E-state index is 13.3. The van der Waals surface area contributed by atoms with Crippen LogP contribution in [0.2, 0.25) is 0 Å². The van der Waals surface area contributed by atoms with E-state index in [0.717, 1.165) is 6.20 Å². The van der Waals surface area contributed by atoms with Crippen molar-refractivity contribution in [2.24, 2.45) is 5.73 Å². The monoisotopic (exact) mass is 210 g/mol. The Morgan fingerprint density at radius 2 is 2.47 bits per heavy atom. The Hall–Kier alpha value is -1.33. The lowest BCUT2D eigenvalue weighted by molar-refractivity contribution is 0.0858. The van der Waals surface area contributed by atoms with E-state index >= 15 is 0 Å². The van der Waals surface area contributed by atoms with Crippen molar-refractivity contribution < 1.29 is 13.9 Å². The van der Waals surface area contributed by atoms with Crippen molar-refractivity contribution in [1.29, 1.82) is 0 Å². The topological polar surface area (TPSA) is 65.2 Å². The Labute approximate surface area is 86.3 Å². The number of aromatic nitrogens is 1. The van der Waals surface area contributed by atoms with Gasteiger partial charge in [0.2, 0.25) is 0 Å². The molecule has 1 aromatic heterocycles. The van der Waals surface area contributed by atoms with Crippen LogP contribution in [0.15, 0.2) is 18.5 Å². The number of hydrogen-bond acceptors (Lipinski definition) is 4. The molecule has 1 atom stereocenters. The van der Waals surface area contributed by atoms with Gasteiger partial charge in [0, 0.05) is 12.8 Å². The van der Waals surface area contributed by atoms with Gasteiger partial charge in [-0.2, -0.15) is 0 Å². The molecule has 2 heterocycles. The van der Waals surface area contributed by atoms with Gasteiger partial charge in [-0.25, -0.2) is 4.39 Å². The van der Waals surface area contributed by atoms with Crippen molar-refractivity contribution in [2.45, 2.75) is 12.0 Å². The lowest BCUT2D eigenvalue weighted by atomic mass is 9.90. The van der Waals surface area contributed by atoms with Crippen molar-refractivity contribution in [2.75, 3.05) is 13.2 Å². The predicted molar refractivity (Wildman–Crippen MR) is 50.9 cm³/mol. The average Bonchev–Trinajstić information content (AvgIpc) is 2.66. The fourth-order valence-electron chi connectivity index (χ4n) is 1.59. The first-order valence-corrected chi connectivity index (χ1v) is 4.64.